The highest BCUT2D eigenvalue weighted by Gasteiger charge is 2.17. The number of ether oxygens (including phenoxy) is 1. The van der Waals surface area contributed by atoms with E-state index < -0.39 is 10.0 Å². The summed E-state index contributed by atoms with van der Waals surface area (Å²) in [5.41, 5.74) is 3.56. The molecule has 3 aromatic rings. The first-order valence-corrected chi connectivity index (χ1v) is 9.38. The molecule has 0 aliphatic rings. The van der Waals surface area contributed by atoms with E-state index in [1.54, 1.807) is 31.4 Å². The van der Waals surface area contributed by atoms with Crippen LogP contribution in [0, 0.1) is 11.3 Å². The molecule has 0 saturated heterocycles. The Kier molecular flexibility index (Phi) is 4.15. The number of nitriles is 1. The second-order valence-electron chi connectivity index (χ2n) is 5.73. The average molecular weight is 355 g/mol. The molecule has 6 nitrogen and oxygen atoms in total. The van der Waals surface area contributed by atoms with Gasteiger partial charge in [0.1, 0.15) is 11.8 Å². The highest BCUT2D eigenvalue weighted by Crippen LogP contribution is 2.34. The van der Waals surface area contributed by atoms with Crippen molar-refractivity contribution in [2.75, 3.05) is 18.1 Å². The molecule has 0 radical (unpaired) electrons. The SMILES string of the molecule is COc1ccc2c(c1)c(C#N)c(-c1ccc(NS(C)(=O)=O)cc1)n2C. The van der Waals surface area contributed by atoms with E-state index in [1.165, 1.54) is 0 Å². The lowest BCUT2D eigenvalue weighted by molar-refractivity contribution is 0.415. The number of anilines is 1. The van der Waals surface area contributed by atoms with Crippen LogP contribution in [0.3, 0.4) is 0 Å². The highest BCUT2D eigenvalue weighted by molar-refractivity contribution is 7.92. The first-order valence-electron chi connectivity index (χ1n) is 7.49. The van der Waals surface area contributed by atoms with Crippen molar-refractivity contribution in [2.45, 2.75) is 0 Å². The Morgan fingerprint density at radius 3 is 2.40 bits per heavy atom. The maximum absolute atomic E-state index is 11.3. The van der Waals surface area contributed by atoms with Gasteiger partial charge in [0.25, 0.3) is 0 Å². The number of aryl methyl sites for hydroxylation is 1. The van der Waals surface area contributed by atoms with Crippen LogP contribution in [0.1, 0.15) is 5.56 Å². The zero-order valence-corrected chi connectivity index (χ0v) is 14.9. The number of nitrogens with one attached hydrogen (secondary N) is 1. The summed E-state index contributed by atoms with van der Waals surface area (Å²) in [5.74, 6) is 0.689. The molecule has 0 fully saturated rings. The standard InChI is InChI=1S/C18H17N3O3S/c1-21-17-9-8-14(24-2)10-15(17)16(11-19)18(21)12-4-6-13(7-5-12)20-25(3,22)23/h4-10,20H,1-3H3. The van der Waals surface area contributed by atoms with Crippen LogP contribution in [0.2, 0.25) is 0 Å². The summed E-state index contributed by atoms with van der Waals surface area (Å²) < 4.78 is 32.3. The summed E-state index contributed by atoms with van der Waals surface area (Å²) in [6.45, 7) is 0. The molecule has 0 atom stereocenters. The van der Waals surface area contributed by atoms with Gasteiger partial charge < -0.3 is 9.30 Å². The molecular weight excluding hydrogens is 338 g/mol. The van der Waals surface area contributed by atoms with Crippen molar-refractivity contribution in [2.24, 2.45) is 7.05 Å². The number of nitrogens with zero attached hydrogens (tertiary/aromatic N) is 2. The Morgan fingerprint density at radius 2 is 1.84 bits per heavy atom. The molecule has 0 bridgehead atoms. The van der Waals surface area contributed by atoms with Crippen LogP contribution in [0.15, 0.2) is 42.5 Å². The molecule has 0 aliphatic heterocycles. The van der Waals surface area contributed by atoms with Crippen molar-refractivity contribution in [3.8, 4) is 23.1 Å². The summed E-state index contributed by atoms with van der Waals surface area (Å²) in [7, 11) is 0.159. The number of rotatable bonds is 4. The van der Waals surface area contributed by atoms with Gasteiger partial charge >= 0.3 is 0 Å². The van der Waals surface area contributed by atoms with Gasteiger partial charge in [0.05, 0.1) is 24.6 Å². The highest BCUT2D eigenvalue weighted by atomic mass is 32.2. The number of fused-ring (bicyclic) bond motifs is 1. The topological polar surface area (TPSA) is 84.1 Å². The van der Waals surface area contributed by atoms with E-state index in [0.717, 1.165) is 28.4 Å². The molecule has 0 spiro atoms. The van der Waals surface area contributed by atoms with Crippen LogP contribution in [-0.4, -0.2) is 26.4 Å². The Morgan fingerprint density at radius 1 is 1.16 bits per heavy atom. The minimum Gasteiger partial charge on any atom is -0.497 e. The lowest BCUT2D eigenvalue weighted by Gasteiger charge is -2.08. The number of aromatic nitrogens is 1. The summed E-state index contributed by atoms with van der Waals surface area (Å²) >= 11 is 0. The van der Waals surface area contributed by atoms with Gasteiger partial charge in [0.2, 0.25) is 10.0 Å². The normalized spacial score (nSPS) is 11.3. The maximum Gasteiger partial charge on any atom is 0.229 e. The molecule has 128 valence electrons. The molecule has 0 saturated carbocycles. The van der Waals surface area contributed by atoms with Crippen LogP contribution in [0.4, 0.5) is 5.69 Å². The molecule has 25 heavy (non-hydrogen) atoms. The fourth-order valence-electron chi connectivity index (χ4n) is 2.91. The third-order valence-electron chi connectivity index (χ3n) is 3.98. The van der Waals surface area contributed by atoms with Gasteiger partial charge in [-0.05, 0) is 35.9 Å². The summed E-state index contributed by atoms with van der Waals surface area (Å²) in [6.07, 6.45) is 1.10. The van der Waals surface area contributed by atoms with E-state index in [9.17, 15) is 13.7 Å². The summed E-state index contributed by atoms with van der Waals surface area (Å²) in [4.78, 5) is 0. The Balaban J connectivity index is 2.15. The maximum atomic E-state index is 11.3. The fourth-order valence-corrected chi connectivity index (χ4v) is 3.48. The van der Waals surface area contributed by atoms with Crippen LogP contribution in [0.25, 0.3) is 22.2 Å². The van der Waals surface area contributed by atoms with Crippen molar-refractivity contribution in [1.82, 2.24) is 4.57 Å². The third-order valence-corrected chi connectivity index (χ3v) is 4.59. The molecule has 1 heterocycles. The van der Waals surface area contributed by atoms with E-state index in [1.807, 2.05) is 29.8 Å². The zero-order chi connectivity index (χ0) is 18.2. The molecule has 2 aromatic carbocycles. The van der Waals surface area contributed by atoms with Gasteiger partial charge in [-0.15, -0.1) is 0 Å². The van der Waals surface area contributed by atoms with E-state index in [-0.39, 0.29) is 0 Å². The summed E-state index contributed by atoms with van der Waals surface area (Å²) in [6, 6.07) is 14.8. The quantitative estimate of drug-likeness (QED) is 0.779. The van der Waals surface area contributed by atoms with Crippen molar-refractivity contribution in [3.05, 3.63) is 48.0 Å². The van der Waals surface area contributed by atoms with E-state index in [4.69, 9.17) is 4.74 Å². The minimum absolute atomic E-state index is 0.477. The Labute approximate surface area is 146 Å². The third kappa shape index (κ3) is 3.16. The molecule has 1 N–H and O–H groups in total. The Hall–Kier alpha value is -2.98. The van der Waals surface area contributed by atoms with E-state index in [2.05, 4.69) is 10.8 Å². The lowest BCUT2D eigenvalue weighted by Crippen LogP contribution is -2.09. The Bertz CT molecular complexity index is 1090. The monoisotopic (exact) mass is 355 g/mol. The molecule has 1 aromatic heterocycles. The molecule has 7 heteroatoms. The molecule has 0 aliphatic carbocycles. The second kappa shape index (κ2) is 6.15. The van der Waals surface area contributed by atoms with Gasteiger partial charge in [-0.25, -0.2) is 8.42 Å². The van der Waals surface area contributed by atoms with E-state index >= 15 is 0 Å². The number of sulfonamides is 1. The molecule has 0 amide bonds. The van der Waals surface area contributed by atoms with Crippen molar-refractivity contribution < 1.29 is 13.2 Å². The van der Waals surface area contributed by atoms with Crippen LogP contribution in [0.5, 0.6) is 5.75 Å². The largest absolute Gasteiger partial charge is 0.497 e. The van der Waals surface area contributed by atoms with E-state index in [0.29, 0.717) is 17.0 Å². The number of methoxy groups -OCH3 is 1. The average Bonchev–Trinajstić information content (AvgIpc) is 2.85. The minimum atomic E-state index is -3.33. The van der Waals surface area contributed by atoms with Gasteiger partial charge in [0, 0.05) is 23.6 Å². The van der Waals surface area contributed by atoms with Crippen LogP contribution in [-0.2, 0) is 17.1 Å². The van der Waals surface area contributed by atoms with Crippen molar-refractivity contribution in [3.63, 3.8) is 0 Å². The first kappa shape index (κ1) is 16.9. The van der Waals surface area contributed by atoms with Crippen molar-refractivity contribution in [1.29, 1.82) is 5.26 Å². The number of hydrogen-bond donors (Lipinski definition) is 1. The first-order chi connectivity index (χ1) is 11.8. The predicted octanol–water partition coefficient (Wildman–Crippen LogP) is 3.10. The van der Waals surface area contributed by atoms with Crippen molar-refractivity contribution >= 4 is 26.6 Å². The smallest absolute Gasteiger partial charge is 0.229 e. The predicted molar refractivity (Wildman–Crippen MR) is 98.1 cm³/mol. The van der Waals surface area contributed by atoms with Gasteiger partial charge in [-0.1, -0.05) is 12.1 Å². The molecule has 0 unspecified atom stereocenters. The fraction of sp³-hybridized carbons (Fsp3) is 0.167. The number of hydrogen-bond acceptors (Lipinski definition) is 4. The molecule has 3 rings (SSSR count). The van der Waals surface area contributed by atoms with Gasteiger partial charge in [-0.2, -0.15) is 5.26 Å². The van der Waals surface area contributed by atoms with Crippen LogP contribution >= 0.6 is 0 Å². The van der Waals surface area contributed by atoms with Gasteiger partial charge in [0.15, 0.2) is 0 Å². The zero-order valence-electron chi connectivity index (χ0n) is 14.1. The molecular formula is C18H17N3O3S. The lowest BCUT2D eigenvalue weighted by atomic mass is 10.1. The summed E-state index contributed by atoms with van der Waals surface area (Å²) in [5, 5.41) is 10.5. The van der Waals surface area contributed by atoms with Gasteiger partial charge in [-0.3, -0.25) is 4.72 Å². The number of benzene rings is 2. The second-order valence-corrected chi connectivity index (χ2v) is 7.48. The van der Waals surface area contributed by atoms with Crippen LogP contribution < -0.4 is 9.46 Å².